The number of nitrogens with zero attached hydrogens (tertiary/aromatic N) is 2. The van der Waals surface area contributed by atoms with Crippen LogP contribution in [0.25, 0.3) is 22.3 Å². The van der Waals surface area contributed by atoms with E-state index in [1.807, 2.05) is 43.3 Å². The van der Waals surface area contributed by atoms with Gasteiger partial charge in [0, 0.05) is 36.0 Å². The molecule has 0 radical (unpaired) electrons. The number of hydrogen-bond acceptors (Lipinski definition) is 5. The third-order valence-corrected chi connectivity index (χ3v) is 4.40. The first-order chi connectivity index (χ1) is 13.4. The minimum absolute atomic E-state index is 0.106. The van der Waals surface area contributed by atoms with Gasteiger partial charge in [0.2, 0.25) is 0 Å². The Morgan fingerprint density at radius 1 is 1.07 bits per heavy atom. The van der Waals surface area contributed by atoms with Crippen molar-refractivity contribution in [3.63, 3.8) is 0 Å². The molecule has 0 fully saturated rings. The van der Waals surface area contributed by atoms with Gasteiger partial charge in [-0.1, -0.05) is 24.3 Å². The summed E-state index contributed by atoms with van der Waals surface area (Å²) in [6, 6.07) is 16.2. The number of phenolic OH excluding ortho intramolecular Hbond substituents is 1. The monoisotopic (exact) mass is 376 g/mol. The van der Waals surface area contributed by atoms with Crippen molar-refractivity contribution in [3.8, 4) is 28.0 Å². The van der Waals surface area contributed by atoms with E-state index in [0.717, 1.165) is 28.8 Å². The second-order valence-corrected chi connectivity index (χ2v) is 6.84. The van der Waals surface area contributed by atoms with E-state index < -0.39 is 0 Å². The summed E-state index contributed by atoms with van der Waals surface area (Å²) in [7, 11) is 3.93. The van der Waals surface area contributed by atoms with E-state index in [1.54, 1.807) is 36.5 Å². The molecule has 0 atom stereocenters. The first-order valence-corrected chi connectivity index (χ1v) is 9.02. The average Bonchev–Trinajstić information content (AvgIpc) is 2.69. The summed E-state index contributed by atoms with van der Waals surface area (Å²) in [5.74, 6) is 0.498. The highest BCUT2D eigenvalue weighted by Crippen LogP contribution is 2.30. The molecule has 0 aliphatic rings. The van der Waals surface area contributed by atoms with Crippen LogP contribution < -0.4 is 11.1 Å². The zero-order chi connectivity index (χ0) is 20.1. The van der Waals surface area contributed by atoms with Crippen LogP contribution in [0, 0.1) is 0 Å². The zero-order valence-corrected chi connectivity index (χ0v) is 16.0. The predicted octanol–water partition coefficient (Wildman–Crippen LogP) is 2.99. The van der Waals surface area contributed by atoms with Gasteiger partial charge in [-0.25, -0.2) is 4.98 Å². The number of phenols is 1. The minimum Gasteiger partial charge on any atom is -0.508 e. The summed E-state index contributed by atoms with van der Waals surface area (Å²) in [6.45, 7) is 1.37. The molecule has 0 spiro atoms. The number of carbonyl (C=O) groups is 1. The zero-order valence-electron chi connectivity index (χ0n) is 16.0. The lowest BCUT2D eigenvalue weighted by Gasteiger charge is -2.12. The van der Waals surface area contributed by atoms with E-state index in [0.29, 0.717) is 17.9 Å². The molecule has 3 rings (SSSR count). The number of nitrogens with two attached hydrogens (primary N) is 1. The van der Waals surface area contributed by atoms with Gasteiger partial charge >= 0.3 is 0 Å². The van der Waals surface area contributed by atoms with Crippen molar-refractivity contribution < 1.29 is 9.90 Å². The number of benzene rings is 2. The van der Waals surface area contributed by atoms with Crippen molar-refractivity contribution in [2.45, 2.75) is 0 Å². The highest BCUT2D eigenvalue weighted by atomic mass is 16.3. The molecule has 0 aliphatic heterocycles. The fourth-order valence-electron chi connectivity index (χ4n) is 2.84. The third-order valence-electron chi connectivity index (χ3n) is 4.40. The number of likely N-dealkylation sites (N-methyl/N-ethyl adjacent to an activating group) is 1. The van der Waals surface area contributed by atoms with Gasteiger partial charge in [-0.15, -0.1) is 0 Å². The van der Waals surface area contributed by atoms with Crippen molar-refractivity contribution in [1.29, 1.82) is 0 Å². The SMILES string of the molecule is CN(C)CCNC(=O)c1cccc(-c2cnc(N)c(-c3ccc(O)cc3)c2)c1. The third kappa shape index (κ3) is 4.66. The Labute approximate surface area is 164 Å². The molecule has 6 heteroatoms. The van der Waals surface area contributed by atoms with Crippen LogP contribution in [0.4, 0.5) is 5.82 Å². The van der Waals surface area contributed by atoms with Crippen LogP contribution in [0.3, 0.4) is 0 Å². The first-order valence-electron chi connectivity index (χ1n) is 9.02. The Morgan fingerprint density at radius 2 is 1.82 bits per heavy atom. The number of pyridine rings is 1. The largest absolute Gasteiger partial charge is 0.508 e. The van der Waals surface area contributed by atoms with Crippen LogP contribution in [0.15, 0.2) is 60.8 Å². The molecule has 28 heavy (non-hydrogen) atoms. The molecule has 0 unspecified atom stereocenters. The van der Waals surface area contributed by atoms with Gasteiger partial charge in [0.05, 0.1) is 0 Å². The molecule has 1 aromatic heterocycles. The topological polar surface area (TPSA) is 91.5 Å². The standard InChI is InChI=1S/C22H24N4O2/c1-26(2)11-10-24-22(28)17-5-3-4-16(12-17)18-13-20(21(23)25-14-18)15-6-8-19(27)9-7-15/h3-9,12-14,27H,10-11H2,1-2H3,(H2,23,25)(H,24,28). The molecule has 6 nitrogen and oxygen atoms in total. The number of carbonyl (C=O) groups excluding carboxylic acids is 1. The Morgan fingerprint density at radius 3 is 2.54 bits per heavy atom. The smallest absolute Gasteiger partial charge is 0.251 e. The number of aromatic hydroxyl groups is 1. The molecular formula is C22H24N4O2. The quantitative estimate of drug-likeness (QED) is 0.615. The maximum atomic E-state index is 12.4. The van der Waals surface area contributed by atoms with Crippen molar-refractivity contribution in [2.24, 2.45) is 0 Å². The van der Waals surface area contributed by atoms with Crippen LogP contribution >= 0.6 is 0 Å². The summed E-state index contributed by atoms with van der Waals surface area (Å²) in [6.07, 6.45) is 1.70. The van der Waals surface area contributed by atoms with Gasteiger partial charge in [-0.3, -0.25) is 4.79 Å². The molecular weight excluding hydrogens is 352 g/mol. The summed E-state index contributed by atoms with van der Waals surface area (Å²) in [5, 5.41) is 12.4. The van der Waals surface area contributed by atoms with E-state index >= 15 is 0 Å². The lowest BCUT2D eigenvalue weighted by molar-refractivity contribution is 0.0951. The van der Waals surface area contributed by atoms with Gasteiger partial charge in [0.15, 0.2) is 0 Å². The molecule has 2 aromatic carbocycles. The Bertz CT molecular complexity index is 969. The number of hydrogen-bond donors (Lipinski definition) is 3. The Kier molecular flexibility index (Phi) is 5.91. The van der Waals surface area contributed by atoms with Gasteiger partial charge in [-0.05, 0) is 55.6 Å². The maximum absolute atomic E-state index is 12.4. The number of anilines is 1. The van der Waals surface area contributed by atoms with Gasteiger partial charge in [0.1, 0.15) is 11.6 Å². The number of aromatic nitrogens is 1. The fraction of sp³-hybridized carbons (Fsp3) is 0.182. The molecule has 0 saturated carbocycles. The normalized spacial score (nSPS) is 10.8. The average molecular weight is 376 g/mol. The number of nitrogen functional groups attached to an aromatic ring is 1. The predicted molar refractivity (Wildman–Crippen MR) is 112 cm³/mol. The van der Waals surface area contributed by atoms with Crippen LogP contribution in [-0.4, -0.2) is 48.1 Å². The van der Waals surface area contributed by atoms with Crippen LogP contribution in [0.1, 0.15) is 10.4 Å². The van der Waals surface area contributed by atoms with Crippen LogP contribution in [0.2, 0.25) is 0 Å². The van der Waals surface area contributed by atoms with E-state index in [1.165, 1.54) is 0 Å². The second-order valence-electron chi connectivity index (χ2n) is 6.84. The number of rotatable bonds is 6. The van der Waals surface area contributed by atoms with Crippen molar-refractivity contribution in [1.82, 2.24) is 15.2 Å². The molecule has 4 N–H and O–H groups in total. The highest BCUT2D eigenvalue weighted by Gasteiger charge is 2.10. The summed E-state index contributed by atoms with van der Waals surface area (Å²) >= 11 is 0. The number of amides is 1. The number of nitrogens with one attached hydrogen (secondary N) is 1. The van der Waals surface area contributed by atoms with Crippen molar-refractivity contribution >= 4 is 11.7 Å². The van der Waals surface area contributed by atoms with Crippen LogP contribution in [-0.2, 0) is 0 Å². The fourth-order valence-corrected chi connectivity index (χ4v) is 2.84. The van der Waals surface area contributed by atoms with Gasteiger partial charge in [-0.2, -0.15) is 0 Å². The summed E-state index contributed by atoms with van der Waals surface area (Å²) in [5.41, 5.74) is 10.0. The van der Waals surface area contributed by atoms with Crippen molar-refractivity contribution in [2.75, 3.05) is 32.9 Å². The summed E-state index contributed by atoms with van der Waals surface area (Å²) in [4.78, 5) is 18.7. The van der Waals surface area contributed by atoms with Gasteiger partial charge < -0.3 is 21.1 Å². The maximum Gasteiger partial charge on any atom is 0.251 e. The molecule has 3 aromatic rings. The lowest BCUT2D eigenvalue weighted by Crippen LogP contribution is -2.31. The Balaban J connectivity index is 1.87. The second kappa shape index (κ2) is 8.54. The Hall–Kier alpha value is -3.38. The molecule has 144 valence electrons. The lowest BCUT2D eigenvalue weighted by atomic mass is 9.99. The highest BCUT2D eigenvalue weighted by molar-refractivity contribution is 5.95. The minimum atomic E-state index is -0.106. The van der Waals surface area contributed by atoms with E-state index in [-0.39, 0.29) is 11.7 Å². The van der Waals surface area contributed by atoms with Crippen molar-refractivity contribution in [3.05, 3.63) is 66.4 Å². The van der Waals surface area contributed by atoms with E-state index in [9.17, 15) is 9.90 Å². The van der Waals surface area contributed by atoms with E-state index in [4.69, 9.17) is 5.73 Å². The van der Waals surface area contributed by atoms with Crippen LogP contribution in [0.5, 0.6) is 5.75 Å². The molecule has 1 amide bonds. The molecule has 0 saturated heterocycles. The van der Waals surface area contributed by atoms with Gasteiger partial charge in [0.25, 0.3) is 5.91 Å². The molecule has 0 aliphatic carbocycles. The summed E-state index contributed by atoms with van der Waals surface area (Å²) < 4.78 is 0. The first kappa shape index (κ1) is 19.4. The molecule has 1 heterocycles. The molecule has 0 bridgehead atoms. The van der Waals surface area contributed by atoms with E-state index in [2.05, 4.69) is 10.3 Å².